The predicted octanol–water partition coefficient (Wildman–Crippen LogP) is 3.55. The molecule has 3 aromatic rings. The number of hydrogen-bond donors (Lipinski definition) is 1. The van der Waals surface area contributed by atoms with Crippen LogP contribution in [0.5, 0.6) is 0 Å². The van der Waals surface area contributed by atoms with Crippen molar-refractivity contribution in [2.24, 2.45) is 0 Å². The van der Waals surface area contributed by atoms with E-state index >= 15 is 0 Å². The van der Waals surface area contributed by atoms with Crippen molar-refractivity contribution in [2.45, 2.75) is 0 Å². The Balaban J connectivity index is 1.84. The first-order valence-electron chi connectivity index (χ1n) is 6.69. The third-order valence-corrected chi connectivity index (χ3v) is 3.42. The summed E-state index contributed by atoms with van der Waals surface area (Å²) in [5.74, 6) is -0.602. The van der Waals surface area contributed by atoms with E-state index < -0.39 is 10.8 Å². The van der Waals surface area contributed by atoms with Crippen molar-refractivity contribution in [1.29, 1.82) is 0 Å². The third-order valence-electron chi connectivity index (χ3n) is 3.10. The van der Waals surface area contributed by atoms with Gasteiger partial charge in [0.2, 0.25) is 0 Å². The van der Waals surface area contributed by atoms with Gasteiger partial charge < -0.3 is 4.42 Å². The quantitative estimate of drug-likeness (QED) is 0.572. The molecule has 2 aromatic carbocycles. The number of anilines is 1. The lowest BCUT2D eigenvalue weighted by Crippen LogP contribution is -2.14. The Morgan fingerprint density at radius 2 is 1.83 bits per heavy atom. The normalized spacial score (nSPS) is 10.4. The van der Waals surface area contributed by atoms with Gasteiger partial charge in [-0.05, 0) is 18.2 Å². The summed E-state index contributed by atoms with van der Waals surface area (Å²) in [5.41, 5.74) is 0.0821. The van der Waals surface area contributed by atoms with Gasteiger partial charge in [-0.2, -0.15) is 0 Å². The van der Waals surface area contributed by atoms with E-state index in [1.165, 1.54) is 24.3 Å². The van der Waals surface area contributed by atoms with Crippen LogP contribution in [0.4, 0.5) is 11.7 Å². The second-order valence-electron chi connectivity index (χ2n) is 4.62. The fourth-order valence-electron chi connectivity index (χ4n) is 2.01. The summed E-state index contributed by atoms with van der Waals surface area (Å²) in [6.07, 6.45) is 0. The zero-order valence-corrected chi connectivity index (χ0v) is 12.7. The highest BCUT2D eigenvalue weighted by molar-refractivity contribution is 6.33. The molecule has 0 radical (unpaired) electrons. The minimum absolute atomic E-state index is 0.111. The van der Waals surface area contributed by atoms with Crippen molar-refractivity contribution in [3.8, 4) is 11.5 Å². The SMILES string of the molecule is O=C(Nc1nnc(-c2ccccc2Cl)o1)c1ccccc1[N+](=O)[O-]. The number of aromatic nitrogens is 2. The number of hydrogen-bond acceptors (Lipinski definition) is 6. The number of nitrogens with zero attached hydrogens (tertiary/aromatic N) is 3. The Bertz CT molecular complexity index is 925. The number of rotatable bonds is 4. The van der Waals surface area contributed by atoms with E-state index in [-0.39, 0.29) is 23.2 Å². The maximum atomic E-state index is 12.2. The molecule has 8 nitrogen and oxygen atoms in total. The molecular formula is C15H9ClN4O4. The number of amides is 1. The molecule has 0 saturated carbocycles. The van der Waals surface area contributed by atoms with E-state index in [4.69, 9.17) is 16.0 Å². The fraction of sp³-hybridized carbons (Fsp3) is 0. The summed E-state index contributed by atoms with van der Waals surface area (Å²) >= 11 is 6.04. The minimum Gasteiger partial charge on any atom is -0.403 e. The number of carbonyl (C=O) groups excluding carboxylic acids is 1. The summed E-state index contributed by atoms with van der Waals surface area (Å²) in [4.78, 5) is 22.5. The van der Waals surface area contributed by atoms with E-state index in [1.807, 2.05) is 0 Å². The number of nitrogens with one attached hydrogen (secondary N) is 1. The van der Waals surface area contributed by atoms with Crippen LogP contribution in [-0.4, -0.2) is 21.0 Å². The minimum atomic E-state index is -0.725. The van der Waals surface area contributed by atoms with Crippen molar-refractivity contribution in [1.82, 2.24) is 10.2 Å². The van der Waals surface area contributed by atoms with Gasteiger partial charge >= 0.3 is 6.01 Å². The topological polar surface area (TPSA) is 111 Å². The largest absolute Gasteiger partial charge is 0.403 e. The maximum absolute atomic E-state index is 12.2. The van der Waals surface area contributed by atoms with Crippen molar-refractivity contribution >= 4 is 29.2 Å². The summed E-state index contributed by atoms with van der Waals surface area (Å²) in [5, 5.41) is 21.2. The van der Waals surface area contributed by atoms with E-state index in [1.54, 1.807) is 24.3 Å². The molecule has 0 fully saturated rings. The molecule has 0 atom stereocenters. The van der Waals surface area contributed by atoms with Crippen LogP contribution in [0.3, 0.4) is 0 Å². The molecule has 0 unspecified atom stereocenters. The highest BCUT2D eigenvalue weighted by Gasteiger charge is 2.21. The maximum Gasteiger partial charge on any atom is 0.322 e. The smallest absolute Gasteiger partial charge is 0.322 e. The van der Waals surface area contributed by atoms with Gasteiger partial charge in [-0.1, -0.05) is 41.0 Å². The van der Waals surface area contributed by atoms with Crippen LogP contribution in [0.15, 0.2) is 52.9 Å². The average Bonchev–Trinajstić information content (AvgIpc) is 3.03. The predicted molar refractivity (Wildman–Crippen MR) is 85.8 cm³/mol. The number of nitro groups is 1. The number of carbonyl (C=O) groups is 1. The molecule has 0 spiro atoms. The van der Waals surface area contributed by atoms with E-state index in [2.05, 4.69) is 15.5 Å². The van der Waals surface area contributed by atoms with Gasteiger partial charge in [0, 0.05) is 6.07 Å². The summed E-state index contributed by atoms with van der Waals surface area (Å²) in [6.45, 7) is 0. The van der Waals surface area contributed by atoms with Crippen LogP contribution in [0.25, 0.3) is 11.5 Å². The van der Waals surface area contributed by atoms with E-state index in [0.29, 0.717) is 10.6 Å². The van der Waals surface area contributed by atoms with Gasteiger partial charge in [0.25, 0.3) is 17.5 Å². The van der Waals surface area contributed by atoms with Crippen molar-refractivity contribution in [3.63, 3.8) is 0 Å². The molecule has 0 saturated heterocycles. The zero-order chi connectivity index (χ0) is 17.1. The Kier molecular flexibility index (Phi) is 4.21. The first kappa shape index (κ1) is 15.6. The molecule has 1 heterocycles. The molecule has 1 N–H and O–H groups in total. The van der Waals surface area contributed by atoms with Gasteiger partial charge in [-0.25, -0.2) is 0 Å². The Labute approximate surface area is 140 Å². The molecule has 0 bridgehead atoms. The van der Waals surface area contributed by atoms with Crippen LogP contribution >= 0.6 is 11.6 Å². The molecule has 1 aromatic heterocycles. The molecule has 120 valence electrons. The van der Waals surface area contributed by atoms with Crippen LogP contribution in [0.1, 0.15) is 10.4 Å². The lowest BCUT2D eigenvalue weighted by molar-refractivity contribution is -0.385. The summed E-state index contributed by atoms with van der Waals surface area (Å²) < 4.78 is 5.33. The van der Waals surface area contributed by atoms with E-state index in [9.17, 15) is 14.9 Å². The lowest BCUT2D eigenvalue weighted by atomic mass is 10.1. The van der Waals surface area contributed by atoms with Crippen molar-refractivity contribution in [2.75, 3.05) is 5.32 Å². The highest BCUT2D eigenvalue weighted by Crippen LogP contribution is 2.27. The Hall–Kier alpha value is -3.26. The number of nitro benzene ring substituents is 1. The molecule has 9 heteroatoms. The first-order valence-corrected chi connectivity index (χ1v) is 7.07. The second kappa shape index (κ2) is 6.47. The van der Waals surface area contributed by atoms with Gasteiger partial charge in [0.05, 0.1) is 15.5 Å². The lowest BCUT2D eigenvalue weighted by Gasteiger charge is -2.01. The molecule has 3 rings (SSSR count). The molecule has 0 aliphatic rings. The molecular weight excluding hydrogens is 336 g/mol. The highest BCUT2D eigenvalue weighted by atomic mass is 35.5. The van der Waals surface area contributed by atoms with Crippen LogP contribution < -0.4 is 5.32 Å². The molecule has 0 aliphatic heterocycles. The molecule has 1 amide bonds. The Morgan fingerprint density at radius 1 is 1.12 bits per heavy atom. The standard InChI is InChI=1S/C15H9ClN4O4/c16-11-7-3-1-5-9(11)14-18-19-15(24-14)17-13(21)10-6-2-4-8-12(10)20(22)23/h1-8H,(H,17,19,21). The van der Waals surface area contributed by atoms with Crippen molar-refractivity contribution < 1.29 is 14.1 Å². The van der Waals surface area contributed by atoms with Crippen molar-refractivity contribution in [3.05, 3.63) is 69.2 Å². The zero-order valence-electron chi connectivity index (χ0n) is 12.0. The monoisotopic (exact) mass is 344 g/mol. The van der Waals surface area contributed by atoms with Gasteiger partial charge in [-0.15, -0.1) is 5.10 Å². The van der Waals surface area contributed by atoms with Gasteiger partial charge in [-0.3, -0.25) is 20.2 Å². The van der Waals surface area contributed by atoms with Gasteiger partial charge in [0.1, 0.15) is 5.56 Å². The summed E-state index contributed by atoms with van der Waals surface area (Å²) in [7, 11) is 0. The number of benzene rings is 2. The number of para-hydroxylation sites is 1. The molecule has 0 aliphatic carbocycles. The number of halogens is 1. The first-order chi connectivity index (χ1) is 11.6. The van der Waals surface area contributed by atoms with Crippen LogP contribution in [-0.2, 0) is 0 Å². The van der Waals surface area contributed by atoms with Crippen LogP contribution in [0.2, 0.25) is 5.02 Å². The third kappa shape index (κ3) is 3.08. The van der Waals surface area contributed by atoms with Gasteiger partial charge in [0.15, 0.2) is 0 Å². The average molecular weight is 345 g/mol. The summed E-state index contributed by atoms with van der Waals surface area (Å²) in [6, 6.07) is 12.2. The molecule has 24 heavy (non-hydrogen) atoms. The fourth-order valence-corrected chi connectivity index (χ4v) is 2.22. The Morgan fingerprint density at radius 3 is 2.58 bits per heavy atom. The second-order valence-corrected chi connectivity index (χ2v) is 5.03. The van der Waals surface area contributed by atoms with Crippen LogP contribution in [0, 0.1) is 10.1 Å². The van der Waals surface area contributed by atoms with E-state index in [0.717, 1.165) is 0 Å².